The molecular formula is C14H16ClNO2. The molecule has 0 radical (unpaired) electrons. The van der Waals surface area contributed by atoms with Gasteiger partial charge in [0, 0.05) is 35.4 Å². The molecular weight excluding hydrogens is 250 g/mol. The Hall–Kier alpha value is -1.35. The third-order valence-corrected chi connectivity index (χ3v) is 3.46. The predicted octanol–water partition coefficient (Wildman–Crippen LogP) is 3.12. The van der Waals surface area contributed by atoms with E-state index < -0.39 is 0 Å². The first-order valence-electron chi connectivity index (χ1n) is 5.97. The van der Waals surface area contributed by atoms with Gasteiger partial charge in [0.15, 0.2) is 5.78 Å². The van der Waals surface area contributed by atoms with Crippen molar-refractivity contribution in [3.8, 4) is 0 Å². The molecule has 2 rings (SSSR count). The van der Waals surface area contributed by atoms with Gasteiger partial charge in [0.05, 0.1) is 0 Å². The van der Waals surface area contributed by atoms with E-state index in [0.29, 0.717) is 24.3 Å². The smallest absolute Gasteiger partial charge is 0.225 e. The number of benzene rings is 1. The molecule has 0 atom stereocenters. The zero-order valence-electron chi connectivity index (χ0n) is 10.5. The van der Waals surface area contributed by atoms with E-state index in [-0.39, 0.29) is 17.1 Å². The largest absolute Gasteiger partial charge is 0.326 e. The maximum Gasteiger partial charge on any atom is 0.225 e. The highest BCUT2D eigenvalue weighted by molar-refractivity contribution is 6.19. The summed E-state index contributed by atoms with van der Waals surface area (Å²) in [6, 6.07) is 5.43. The van der Waals surface area contributed by atoms with Gasteiger partial charge < -0.3 is 5.32 Å². The summed E-state index contributed by atoms with van der Waals surface area (Å²) >= 11 is 5.59. The van der Waals surface area contributed by atoms with E-state index in [2.05, 4.69) is 5.32 Å². The average Bonchev–Trinajstić information content (AvgIpc) is 2.27. The number of fused-ring (bicyclic) bond motifs is 1. The SMILES string of the molecule is CC1(C)CC(=O)Nc2ccc(C(=O)CCCl)cc21. The lowest BCUT2D eigenvalue weighted by Crippen LogP contribution is -2.32. The maximum atomic E-state index is 11.8. The van der Waals surface area contributed by atoms with Gasteiger partial charge in [-0.2, -0.15) is 0 Å². The van der Waals surface area contributed by atoms with Crippen LogP contribution in [0.5, 0.6) is 0 Å². The zero-order valence-corrected chi connectivity index (χ0v) is 11.3. The monoisotopic (exact) mass is 265 g/mol. The summed E-state index contributed by atoms with van der Waals surface area (Å²) in [6.07, 6.45) is 0.778. The van der Waals surface area contributed by atoms with Crippen molar-refractivity contribution < 1.29 is 9.59 Å². The minimum absolute atomic E-state index is 0.0207. The van der Waals surface area contributed by atoms with Gasteiger partial charge in [0.2, 0.25) is 5.91 Å². The second kappa shape index (κ2) is 4.73. The Morgan fingerprint density at radius 3 is 2.83 bits per heavy atom. The van der Waals surface area contributed by atoms with E-state index in [4.69, 9.17) is 11.6 Å². The average molecular weight is 266 g/mol. The molecule has 0 saturated heterocycles. The Kier molecular flexibility index (Phi) is 3.44. The molecule has 0 bridgehead atoms. The summed E-state index contributed by atoms with van der Waals surface area (Å²) in [5, 5.41) is 2.84. The Bertz CT molecular complexity index is 509. The lowest BCUT2D eigenvalue weighted by Gasteiger charge is -2.32. The number of amides is 1. The van der Waals surface area contributed by atoms with Gasteiger partial charge in [-0.25, -0.2) is 0 Å². The molecule has 0 unspecified atom stereocenters. The number of nitrogens with one attached hydrogen (secondary N) is 1. The Morgan fingerprint density at radius 1 is 1.44 bits per heavy atom. The molecule has 1 heterocycles. The maximum absolute atomic E-state index is 11.8. The number of rotatable bonds is 3. The predicted molar refractivity (Wildman–Crippen MR) is 72.4 cm³/mol. The Morgan fingerprint density at radius 2 is 2.17 bits per heavy atom. The van der Waals surface area contributed by atoms with E-state index in [1.807, 2.05) is 19.9 Å². The number of hydrogen-bond acceptors (Lipinski definition) is 2. The molecule has 0 spiro atoms. The first kappa shape index (κ1) is 13.1. The molecule has 4 heteroatoms. The minimum Gasteiger partial charge on any atom is -0.326 e. The quantitative estimate of drug-likeness (QED) is 0.674. The fourth-order valence-corrected chi connectivity index (χ4v) is 2.48. The van der Waals surface area contributed by atoms with Gasteiger partial charge in [-0.3, -0.25) is 9.59 Å². The molecule has 1 aliphatic rings. The van der Waals surface area contributed by atoms with Crippen molar-refractivity contribution >= 4 is 29.0 Å². The van der Waals surface area contributed by atoms with E-state index in [1.54, 1.807) is 12.1 Å². The third kappa shape index (κ3) is 2.41. The summed E-state index contributed by atoms with van der Waals surface area (Å²) < 4.78 is 0. The first-order chi connectivity index (χ1) is 8.44. The van der Waals surface area contributed by atoms with Gasteiger partial charge in [-0.1, -0.05) is 13.8 Å². The molecule has 1 N–H and O–H groups in total. The van der Waals surface area contributed by atoms with Crippen molar-refractivity contribution in [1.29, 1.82) is 0 Å². The number of halogens is 1. The molecule has 3 nitrogen and oxygen atoms in total. The minimum atomic E-state index is -0.241. The Labute approximate surface area is 112 Å². The standard InChI is InChI=1S/C14H16ClNO2/c1-14(2)8-13(18)16-11-4-3-9(7-10(11)14)12(17)5-6-15/h3-4,7H,5-6,8H2,1-2H3,(H,16,18). The molecule has 1 aliphatic heterocycles. The molecule has 1 aromatic rings. The van der Waals surface area contributed by atoms with Crippen LogP contribution >= 0.6 is 11.6 Å². The molecule has 96 valence electrons. The Balaban J connectivity index is 2.42. The molecule has 0 aliphatic carbocycles. The topological polar surface area (TPSA) is 46.2 Å². The lowest BCUT2D eigenvalue weighted by molar-refractivity contribution is -0.117. The number of alkyl halides is 1. The fraction of sp³-hybridized carbons (Fsp3) is 0.429. The van der Waals surface area contributed by atoms with Crippen molar-refractivity contribution in [2.75, 3.05) is 11.2 Å². The number of carbonyl (C=O) groups excluding carboxylic acids is 2. The number of carbonyl (C=O) groups is 2. The summed E-state index contributed by atoms with van der Waals surface area (Å²) in [6.45, 7) is 4.03. The van der Waals surface area contributed by atoms with Crippen molar-refractivity contribution in [2.45, 2.75) is 32.1 Å². The fourth-order valence-electron chi connectivity index (χ4n) is 2.31. The summed E-state index contributed by atoms with van der Waals surface area (Å²) in [5.41, 5.74) is 2.24. The number of ketones is 1. The van der Waals surface area contributed by atoms with Crippen molar-refractivity contribution in [1.82, 2.24) is 0 Å². The van der Waals surface area contributed by atoms with Crippen LogP contribution in [-0.4, -0.2) is 17.6 Å². The normalized spacial score (nSPS) is 16.9. The second-order valence-corrected chi connectivity index (χ2v) is 5.61. The lowest BCUT2D eigenvalue weighted by atomic mass is 9.77. The van der Waals surface area contributed by atoms with Crippen LogP contribution in [-0.2, 0) is 10.2 Å². The van der Waals surface area contributed by atoms with Gasteiger partial charge >= 0.3 is 0 Å². The highest BCUT2D eigenvalue weighted by Crippen LogP contribution is 2.37. The first-order valence-corrected chi connectivity index (χ1v) is 6.51. The van der Waals surface area contributed by atoms with Crippen LogP contribution in [0.25, 0.3) is 0 Å². The van der Waals surface area contributed by atoms with Crippen LogP contribution in [0.1, 0.15) is 42.6 Å². The molecule has 1 aromatic carbocycles. The molecule has 0 aromatic heterocycles. The van der Waals surface area contributed by atoms with Crippen LogP contribution < -0.4 is 5.32 Å². The van der Waals surface area contributed by atoms with Crippen LogP contribution in [0, 0.1) is 0 Å². The summed E-state index contributed by atoms with van der Waals surface area (Å²) in [4.78, 5) is 23.4. The number of Topliss-reactive ketones (excluding diaryl/α,β-unsaturated/α-hetero) is 1. The van der Waals surface area contributed by atoms with Crippen LogP contribution in [0.15, 0.2) is 18.2 Å². The number of anilines is 1. The molecule has 0 saturated carbocycles. The van der Waals surface area contributed by atoms with Gasteiger partial charge in [0.25, 0.3) is 0 Å². The van der Waals surface area contributed by atoms with Crippen molar-refractivity contribution in [3.63, 3.8) is 0 Å². The van der Waals surface area contributed by atoms with Crippen molar-refractivity contribution in [2.24, 2.45) is 0 Å². The van der Waals surface area contributed by atoms with Crippen molar-refractivity contribution in [3.05, 3.63) is 29.3 Å². The molecule has 1 amide bonds. The zero-order chi connectivity index (χ0) is 13.3. The molecule has 18 heavy (non-hydrogen) atoms. The van der Waals surface area contributed by atoms with E-state index in [1.165, 1.54) is 0 Å². The van der Waals surface area contributed by atoms with Gasteiger partial charge in [-0.05, 0) is 23.8 Å². The third-order valence-electron chi connectivity index (χ3n) is 3.27. The van der Waals surface area contributed by atoms with E-state index in [0.717, 1.165) is 11.3 Å². The van der Waals surface area contributed by atoms with Gasteiger partial charge in [0.1, 0.15) is 0 Å². The van der Waals surface area contributed by atoms with Gasteiger partial charge in [-0.15, -0.1) is 11.6 Å². The van der Waals surface area contributed by atoms with Crippen LogP contribution in [0.4, 0.5) is 5.69 Å². The van der Waals surface area contributed by atoms with E-state index in [9.17, 15) is 9.59 Å². The summed E-state index contributed by atoms with van der Waals surface area (Å²) in [7, 11) is 0. The highest BCUT2D eigenvalue weighted by Gasteiger charge is 2.32. The second-order valence-electron chi connectivity index (χ2n) is 5.23. The van der Waals surface area contributed by atoms with Crippen LogP contribution in [0.3, 0.4) is 0 Å². The summed E-state index contributed by atoms with van der Waals surface area (Å²) in [5.74, 6) is 0.392. The number of hydrogen-bond donors (Lipinski definition) is 1. The van der Waals surface area contributed by atoms with E-state index >= 15 is 0 Å². The van der Waals surface area contributed by atoms with Crippen LogP contribution in [0.2, 0.25) is 0 Å². The molecule has 0 fully saturated rings. The highest BCUT2D eigenvalue weighted by atomic mass is 35.5.